The molecule has 1 saturated heterocycles. The van der Waals surface area contributed by atoms with E-state index in [4.69, 9.17) is 14.5 Å². The van der Waals surface area contributed by atoms with Gasteiger partial charge >= 0.3 is 0 Å². The molecule has 1 aliphatic rings. The largest absolute Gasteiger partial charge is 0.385 e. The van der Waals surface area contributed by atoms with E-state index in [2.05, 4.69) is 35.9 Å². The molecule has 6 heteroatoms. The molecule has 0 radical (unpaired) electrons. The molecule has 0 aliphatic carbocycles. The van der Waals surface area contributed by atoms with Crippen molar-refractivity contribution in [3.63, 3.8) is 0 Å². The van der Waals surface area contributed by atoms with Crippen molar-refractivity contribution in [2.45, 2.75) is 52.6 Å². The van der Waals surface area contributed by atoms with Crippen LogP contribution in [0.1, 0.15) is 46.5 Å². The highest BCUT2D eigenvalue weighted by Crippen LogP contribution is 2.14. The third kappa shape index (κ3) is 9.42. The van der Waals surface area contributed by atoms with Gasteiger partial charge in [-0.2, -0.15) is 0 Å². The molecule has 6 nitrogen and oxygen atoms in total. The van der Waals surface area contributed by atoms with Gasteiger partial charge in [0.2, 0.25) is 0 Å². The maximum Gasteiger partial charge on any atom is 0.193 e. The standard InChI is InChI=1S/C19H40N4O2/c1-5-20-19(21-12-8-13-22(6-2)7-3)23-14-10-18(11-15-23)25-17-9-16-24-4/h18H,5-17H2,1-4H3,(H,20,21). The van der Waals surface area contributed by atoms with E-state index < -0.39 is 0 Å². The molecule has 1 heterocycles. The summed E-state index contributed by atoms with van der Waals surface area (Å²) in [5, 5.41) is 3.45. The van der Waals surface area contributed by atoms with Gasteiger partial charge in [0.15, 0.2) is 5.96 Å². The number of aliphatic imine (C=N–C) groups is 1. The molecular weight excluding hydrogens is 316 g/mol. The van der Waals surface area contributed by atoms with Crippen LogP contribution in [0.4, 0.5) is 0 Å². The van der Waals surface area contributed by atoms with Crippen LogP contribution < -0.4 is 5.32 Å². The van der Waals surface area contributed by atoms with E-state index in [0.717, 1.165) is 90.7 Å². The van der Waals surface area contributed by atoms with Crippen LogP contribution in [0.15, 0.2) is 4.99 Å². The fraction of sp³-hybridized carbons (Fsp3) is 0.947. The number of methoxy groups -OCH3 is 1. The van der Waals surface area contributed by atoms with Crippen molar-refractivity contribution in [1.29, 1.82) is 0 Å². The van der Waals surface area contributed by atoms with Crippen LogP contribution in [0.3, 0.4) is 0 Å². The summed E-state index contributed by atoms with van der Waals surface area (Å²) in [5.74, 6) is 1.07. The zero-order valence-electron chi connectivity index (χ0n) is 16.9. The summed E-state index contributed by atoms with van der Waals surface area (Å²) in [7, 11) is 1.74. The number of nitrogens with zero attached hydrogens (tertiary/aromatic N) is 3. The van der Waals surface area contributed by atoms with E-state index in [9.17, 15) is 0 Å². The Hall–Kier alpha value is -0.850. The summed E-state index contributed by atoms with van der Waals surface area (Å²) >= 11 is 0. The van der Waals surface area contributed by atoms with E-state index in [-0.39, 0.29) is 0 Å². The van der Waals surface area contributed by atoms with Crippen molar-refractivity contribution >= 4 is 5.96 Å². The average molecular weight is 357 g/mol. The molecule has 0 bridgehead atoms. The molecule has 0 unspecified atom stereocenters. The topological polar surface area (TPSA) is 49.3 Å². The Labute approximate surface area is 154 Å². The number of piperidine rings is 1. The smallest absolute Gasteiger partial charge is 0.193 e. The van der Waals surface area contributed by atoms with Crippen molar-refractivity contribution in [3.05, 3.63) is 0 Å². The van der Waals surface area contributed by atoms with E-state index in [1.165, 1.54) is 0 Å². The predicted molar refractivity (Wildman–Crippen MR) is 105 cm³/mol. The highest BCUT2D eigenvalue weighted by atomic mass is 16.5. The van der Waals surface area contributed by atoms with Crippen LogP contribution in [0, 0.1) is 0 Å². The second kappa shape index (κ2) is 14.3. The Balaban J connectivity index is 2.32. The molecule has 0 aromatic rings. The van der Waals surface area contributed by atoms with E-state index in [1.54, 1.807) is 7.11 Å². The zero-order chi connectivity index (χ0) is 18.3. The first-order valence-electron chi connectivity index (χ1n) is 10.1. The fourth-order valence-electron chi connectivity index (χ4n) is 3.13. The zero-order valence-corrected chi connectivity index (χ0v) is 16.9. The lowest BCUT2D eigenvalue weighted by Gasteiger charge is -2.34. The Bertz CT molecular complexity index is 340. The number of nitrogens with one attached hydrogen (secondary N) is 1. The van der Waals surface area contributed by atoms with E-state index in [1.807, 2.05) is 0 Å². The summed E-state index contributed by atoms with van der Waals surface area (Å²) in [4.78, 5) is 9.67. The molecule has 1 rings (SSSR count). The molecule has 0 amide bonds. The monoisotopic (exact) mass is 356 g/mol. The van der Waals surface area contributed by atoms with Crippen molar-refractivity contribution in [2.75, 3.05) is 66.1 Å². The lowest BCUT2D eigenvalue weighted by Crippen LogP contribution is -2.47. The second-order valence-corrected chi connectivity index (χ2v) is 6.52. The molecule has 0 spiro atoms. The lowest BCUT2D eigenvalue weighted by molar-refractivity contribution is 0.00990. The van der Waals surface area contributed by atoms with Gasteiger partial charge in [-0.1, -0.05) is 13.8 Å². The highest BCUT2D eigenvalue weighted by molar-refractivity contribution is 5.80. The van der Waals surface area contributed by atoms with Gasteiger partial charge in [0.1, 0.15) is 0 Å². The Morgan fingerprint density at radius 2 is 1.84 bits per heavy atom. The highest BCUT2D eigenvalue weighted by Gasteiger charge is 2.21. The van der Waals surface area contributed by atoms with E-state index in [0.29, 0.717) is 6.10 Å². The first-order valence-corrected chi connectivity index (χ1v) is 10.1. The van der Waals surface area contributed by atoms with Crippen LogP contribution in [0.2, 0.25) is 0 Å². The molecule has 1 fully saturated rings. The van der Waals surface area contributed by atoms with Gasteiger partial charge in [-0.25, -0.2) is 0 Å². The van der Waals surface area contributed by atoms with Crippen LogP contribution in [-0.4, -0.2) is 88.0 Å². The van der Waals surface area contributed by atoms with Crippen molar-refractivity contribution in [1.82, 2.24) is 15.1 Å². The first kappa shape index (κ1) is 22.2. The minimum Gasteiger partial charge on any atom is -0.385 e. The Kier molecular flexibility index (Phi) is 12.7. The number of hydrogen-bond donors (Lipinski definition) is 1. The van der Waals surface area contributed by atoms with Gasteiger partial charge < -0.3 is 24.6 Å². The summed E-state index contributed by atoms with van der Waals surface area (Å²) in [6.07, 6.45) is 4.65. The molecule has 0 aromatic carbocycles. The minimum absolute atomic E-state index is 0.388. The van der Waals surface area contributed by atoms with Gasteiger partial charge in [-0.15, -0.1) is 0 Å². The average Bonchev–Trinajstić information content (AvgIpc) is 2.65. The van der Waals surface area contributed by atoms with Crippen molar-refractivity contribution in [3.8, 4) is 0 Å². The number of ether oxygens (including phenoxy) is 2. The summed E-state index contributed by atoms with van der Waals surface area (Å²) in [6.45, 7) is 15.4. The fourth-order valence-corrected chi connectivity index (χ4v) is 3.13. The maximum absolute atomic E-state index is 5.95. The van der Waals surface area contributed by atoms with Crippen molar-refractivity contribution in [2.24, 2.45) is 4.99 Å². The normalized spacial score (nSPS) is 16.7. The van der Waals surface area contributed by atoms with E-state index >= 15 is 0 Å². The molecule has 0 saturated carbocycles. The minimum atomic E-state index is 0.388. The predicted octanol–water partition coefficient (Wildman–Crippen LogP) is 2.20. The third-order valence-corrected chi connectivity index (χ3v) is 4.71. The van der Waals surface area contributed by atoms with Gasteiger partial charge in [0.25, 0.3) is 0 Å². The Morgan fingerprint density at radius 1 is 1.12 bits per heavy atom. The van der Waals surface area contributed by atoms with Gasteiger partial charge in [-0.05, 0) is 52.2 Å². The Morgan fingerprint density at radius 3 is 2.44 bits per heavy atom. The summed E-state index contributed by atoms with van der Waals surface area (Å²) < 4.78 is 11.0. The molecule has 0 aromatic heterocycles. The van der Waals surface area contributed by atoms with Crippen LogP contribution in [0.25, 0.3) is 0 Å². The summed E-state index contributed by atoms with van der Waals surface area (Å²) in [5.41, 5.74) is 0. The molecule has 1 N–H and O–H groups in total. The SMILES string of the molecule is CCNC(=NCCCN(CC)CC)N1CCC(OCCCOC)CC1. The molecule has 25 heavy (non-hydrogen) atoms. The summed E-state index contributed by atoms with van der Waals surface area (Å²) in [6, 6.07) is 0. The lowest BCUT2D eigenvalue weighted by atomic mass is 10.1. The van der Waals surface area contributed by atoms with Crippen LogP contribution >= 0.6 is 0 Å². The number of hydrogen-bond acceptors (Lipinski definition) is 4. The first-order chi connectivity index (χ1) is 12.2. The maximum atomic E-state index is 5.95. The number of likely N-dealkylation sites (tertiary alicyclic amines) is 1. The van der Waals surface area contributed by atoms with Gasteiger partial charge in [0, 0.05) is 46.5 Å². The van der Waals surface area contributed by atoms with Crippen molar-refractivity contribution < 1.29 is 9.47 Å². The van der Waals surface area contributed by atoms with Gasteiger partial charge in [0.05, 0.1) is 6.10 Å². The number of rotatable bonds is 12. The van der Waals surface area contributed by atoms with Crippen LogP contribution in [-0.2, 0) is 9.47 Å². The molecule has 0 atom stereocenters. The quantitative estimate of drug-likeness (QED) is 0.330. The number of guanidine groups is 1. The molecule has 148 valence electrons. The molecule has 1 aliphatic heterocycles. The third-order valence-electron chi connectivity index (χ3n) is 4.71. The molecular formula is C19H40N4O2. The van der Waals surface area contributed by atoms with Crippen LogP contribution in [0.5, 0.6) is 0 Å². The van der Waals surface area contributed by atoms with Gasteiger partial charge in [-0.3, -0.25) is 4.99 Å². The second-order valence-electron chi connectivity index (χ2n) is 6.52.